The molecule has 0 bridgehead atoms. The lowest BCUT2D eigenvalue weighted by atomic mass is 10.1. The number of likely N-dealkylation sites (tertiary alicyclic amines) is 1. The molecule has 0 radical (unpaired) electrons. The molecular formula is C12H17NO4. The van der Waals surface area contributed by atoms with Gasteiger partial charge < -0.3 is 14.3 Å². The zero-order valence-electron chi connectivity index (χ0n) is 9.89. The molecule has 2 rings (SSSR count). The molecule has 0 saturated carbocycles. The SMILES string of the molecule is COC(=O)c1occc1CN1CCC(CO)C1. The van der Waals surface area contributed by atoms with Crippen molar-refractivity contribution >= 4 is 5.97 Å². The molecule has 17 heavy (non-hydrogen) atoms. The molecule has 1 aliphatic rings. The first kappa shape index (κ1) is 12.1. The van der Waals surface area contributed by atoms with Gasteiger partial charge in [0.2, 0.25) is 5.76 Å². The number of esters is 1. The van der Waals surface area contributed by atoms with E-state index in [1.54, 1.807) is 6.07 Å². The molecule has 5 heteroatoms. The quantitative estimate of drug-likeness (QED) is 0.790. The van der Waals surface area contributed by atoms with E-state index in [0.29, 0.717) is 12.5 Å². The number of carbonyl (C=O) groups is 1. The Bertz CT molecular complexity index is 388. The first-order valence-corrected chi connectivity index (χ1v) is 5.72. The van der Waals surface area contributed by atoms with Gasteiger partial charge in [0.15, 0.2) is 0 Å². The highest BCUT2D eigenvalue weighted by molar-refractivity contribution is 5.87. The number of hydrogen-bond donors (Lipinski definition) is 1. The summed E-state index contributed by atoms with van der Waals surface area (Å²) in [5.74, 6) is 0.186. The van der Waals surface area contributed by atoms with E-state index >= 15 is 0 Å². The fraction of sp³-hybridized carbons (Fsp3) is 0.583. The number of rotatable bonds is 4. The fourth-order valence-corrected chi connectivity index (χ4v) is 2.18. The highest BCUT2D eigenvalue weighted by Gasteiger charge is 2.24. The van der Waals surface area contributed by atoms with Crippen molar-refractivity contribution in [1.82, 2.24) is 4.90 Å². The van der Waals surface area contributed by atoms with Gasteiger partial charge in [0.05, 0.1) is 13.4 Å². The number of hydrogen-bond acceptors (Lipinski definition) is 5. The Morgan fingerprint density at radius 1 is 1.71 bits per heavy atom. The summed E-state index contributed by atoms with van der Waals surface area (Å²) in [6.45, 7) is 2.70. The van der Waals surface area contributed by atoms with Crippen molar-refractivity contribution < 1.29 is 19.1 Å². The first-order valence-electron chi connectivity index (χ1n) is 5.72. The molecule has 1 saturated heterocycles. The molecule has 1 atom stereocenters. The van der Waals surface area contributed by atoms with Crippen LogP contribution in [0.2, 0.25) is 0 Å². The smallest absolute Gasteiger partial charge is 0.374 e. The Hall–Kier alpha value is -1.33. The summed E-state index contributed by atoms with van der Waals surface area (Å²) < 4.78 is 9.78. The number of furan rings is 1. The lowest BCUT2D eigenvalue weighted by molar-refractivity contribution is 0.0562. The highest BCUT2D eigenvalue weighted by Crippen LogP contribution is 2.20. The molecule has 1 unspecified atom stereocenters. The minimum absolute atomic E-state index is 0.228. The van der Waals surface area contributed by atoms with Crippen molar-refractivity contribution in [2.45, 2.75) is 13.0 Å². The van der Waals surface area contributed by atoms with Gasteiger partial charge in [0.1, 0.15) is 0 Å². The topological polar surface area (TPSA) is 62.9 Å². The van der Waals surface area contributed by atoms with Crippen LogP contribution in [0, 0.1) is 5.92 Å². The predicted molar refractivity (Wildman–Crippen MR) is 60.5 cm³/mol. The largest absolute Gasteiger partial charge is 0.463 e. The maximum atomic E-state index is 11.4. The molecule has 94 valence electrons. The van der Waals surface area contributed by atoms with Crippen LogP contribution in [-0.4, -0.2) is 42.8 Å². The van der Waals surface area contributed by atoms with Crippen molar-refractivity contribution in [3.63, 3.8) is 0 Å². The van der Waals surface area contributed by atoms with Gasteiger partial charge >= 0.3 is 5.97 Å². The molecule has 1 aromatic heterocycles. The summed E-state index contributed by atoms with van der Waals surface area (Å²) in [5.41, 5.74) is 0.843. The van der Waals surface area contributed by atoms with Crippen LogP contribution in [0.5, 0.6) is 0 Å². The molecule has 0 spiro atoms. The number of ether oxygens (including phenoxy) is 1. The zero-order chi connectivity index (χ0) is 12.3. The molecule has 2 heterocycles. The Balaban J connectivity index is 2.00. The molecular weight excluding hydrogens is 222 g/mol. The summed E-state index contributed by atoms with van der Waals surface area (Å²) in [5, 5.41) is 9.07. The summed E-state index contributed by atoms with van der Waals surface area (Å²) >= 11 is 0. The van der Waals surface area contributed by atoms with Gasteiger partial charge in [-0.1, -0.05) is 0 Å². The molecule has 1 N–H and O–H groups in total. The van der Waals surface area contributed by atoms with Crippen LogP contribution < -0.4 is 0 Å². The van der Waals surface area contributed by atoms with Crippen LogP contribution in [0.4, 0.5) is 0 Å². The Kier molecular flexibility index (Phi) is 3.81. The van der Waals surface area contributed by atoms with Gasteiger partial charge in [-0.15, -0.1) is 0 Å². The standard InChI is InChI=1S/C12H17NO4/c1-16-12(15)11-10(3-5-17-11)7-13-4-2-9(6-13)8-14/h3,5,9,14H,2,4,6-8H2,1H3. The van der Waals surface area contributed by atoms with Crippen molar-refractivity contribution in [2.75, 3.05) is 26.8 Å². The molecule has 0 aromatic carbocycles. The van der Waals surface area contributed by atoms with E-state index in [-0.39, 0.29) is 12.4 Å². The van der Waals surface area contributed by atoms with Crippen molar-refractivity contribution in [3.05, 3.63) is 23.7 Å². The minimum atomic E-state index is -0.442. The number of nitrogens with zero attached hydrogens (tertiary/aromatic N) is 1. The van der Waals surface area contributed by atoms with E-state index in [9.17, 15) is 4.79 Å². The van der Waals surface area contributed by atoms with Gasteiger partial charge in [0, 0.05) is 25.3 Å². The van der Waals surface area contributed by atoms with Crippen LogP contribution in [0.1, 0.15) is 22.5 Å². The van der Waals surface area contributed by atoms with E-state index in [1.165, 1.54) is 13.4 Å². The average Bonchev–Trinajstić information content (AvgIpc) is 2.97. The molecule has 1 aliphatic heterocycles. The fourth-order valence-electron chi connectivity index (χ4n) is 2.18. The van der Waals surface area contributed by atoms with Gasteiger partial charge in [0.25, 0.3) is 0 Å². The molecule has 1 fully saturated rings. The summed E-state index contributed by atoms with van der Waals surface area (Å²) in [7, 11) is 1.34. The number of methoxy groups -OCH3 is 1. The third-order valence-electron chi connectivity index (χ3n) is 3.14. The van der Waals surface area contributed by atoms with E-state index in [1.807, 2.05) is 0 Å². The summed E-state index contributed by atoms with van der Waals surface area (Å²) in [6.07, 6.45) is 2.50. The first-order chi connectivity index (χ1) is 8.24. The lowest BCUT2D eigenvalue weighted by Gasteiger charge is -2.14. The Labute approximate surface area is 100.0 Å². The second-order valence-electron chi connectivity index (χ2n) is 4.34. The summed E-state index contributed by atoms with van der Waals surface area (Å²) in [4.78, 5) is 13.6. The van der Waals surface area contributed by atoms with E-state index in [2.05, 4.69) is 9.64 Å². The maximum absolute atomic E-state index is 11.4. The highest BCUT2D eigenvalue weighted by atomic mass is 16.5. The van der Waals surface area contributed by atoms with Crippen molar-refractivity contribution in [1.29, 1.82) is 0 Å². The number of aliphatic hydroxyl groups is 1. The molecule has 5 nitrogen and oxygen atoms in total. The molecule has 0 amide bonds. The van der Waals surface area contributed by atoms with Crippen molar-refractivity contribution in [3.8, 4) is 0 Å². The second-order valence-corrected chi connectivity index (χ2v) is 4.34. The Morgan fingerprint density at radius 2 is 2.53 bits per heavy atom. The third-order valence-corrected chi connectivity index (χ3v) is 3.14. The van der Waals surface area contributed by atoms with E-state index in [4.69, 9.17) is 9.52 Å². The molecule has 0 aliphatic carbocycles. The minimum Gasteiger partial charge on any atom is -0.463 e. The number of carbonyl (C=O) groups excluding carboxylic acids is 1. The molecule has 1 aromatic rings. The van der Waals surface area contributed by atoms with Gasteiger partial charge in [-0.05, 0) is 24.9 Å². The van der Waals surface area contributed by atoms with Crippen molar-refractivity contribution in [2.24, 2.45) is 5.92 Å². The van der Waals surface area contributed by atoms with Gasteiger partial charge in [-0.25, -0.2) is 4.79 Å². The maximum Gasteiger partial charge on any atom is 0.374 e. The van der Waals surface area contributed by atoms with Crippen LogP contribution in [0.3, 0.4) is 0 Å². The predicted octanol–water partition coefficient (Wildman–Crippen LogP) is 0.880. The van der Waals surface area contributed by atoms with Crippen LogP contribution in [0.25, 0.3) is 0 Å². The third kappa shape index (κ3) is 2.68. The number of aliphatic hydroxyl groups excluding tert-OH is 1. The van der Waals surface area contributed by atoms with Crippen LogP contribution >= 0.6 is 0 Å². The zero-order valence-corrected chi connectivity index (χ0v) is 9.89. The van der Waals surface area contributed by atoms with Crippen LogP contribution in [0.15, 0.2) is 16.7 Å². The monoisotopic (exact) mass is 239 g/mol. The normalized spacial score (nSPS) is 20.7. The second kappa shape index (κ2) is 5.33. The van der Waals surface area contributed by atoms with Gasteiger partial charge in [-0.2, -0.15) is 0 Å². The Morgan fingerprint density at radius 3 is 3.18 bits per heavy atom. The summed E-state index contributed by atoms with van der Waals surface area (Å²) in [6, 6.07) is 1.79. The van der Waals surface area contributed by atoms with E-state index in [0.717, 1.165) is 25.1 Å². The van der Waals surface area contributed by atoms with Gasteiger partial charge in [-0.3, -0.25) is 4.90 Å². The van der Waals surface area contributed by atoms with E-state index < -0.39 is 5.97 Å². The lowest BCUT2D eigenvalue weighted by Crippen LogP contribution is -2.21. The van der Waals surface area contributed by atoms with Crippen LogP contribution in [-0.2, 0) is 11.3 Å². The average molecular weight is 239 g/mol.